The van der Waals surface area contributed by atoms with Crippen LogP contribution in [-0.2, 0) is 20.8 Å². The second-order valence-corrected chi connectivity index (χ2v) is 14.7. The second-order valence-electron chi connectivity index (χ2n) is 14.7. The molecule has 3 aromatic rings. The first-order valence-corrected chi connectivity index (χ1v) is 17.4. The van der Waals surface area contributed by atoms with Gasteiger partial charge in [0.05, 0.1) is 30.1 Å². The van der Waals surface area contributed by atoms with Crippen molar-refractivity contribution in [3.05, 3.63) is 78.0 Å². The van der Waals surface area contributed by atoms with Crippen LogP contribution in [0.2, 0.25) is 0 Å². The Morgan fingerprint density at radius 1 is 0.939 bits per heavy atom. The number of benzene rings is 2. The van der Waals surface area contributed by atoms with E-state index < -0.39 is 47.9 Å². The van der Waals surface area contributed by atoms with Gasteiger partial charge in [-0.15, -0.1) is 0 Å². The quantitative estimate of drug-likeness (QED) is 0.198. The molecule has 2 heterocycles. The lowest BCUT2D eigenvalue weighted by Gasteiger charge is -2.47. The zero-order chi connectivity index (χ0) is 35.1. The van der Waals surface area contributed by atoms with Crippen molar-refractivity contribution < 1.29 is 24.3 Å². The van der Waals surface area contributed by atoms with Crippen LogP contribution in [0.3, 0.4) is 0 Å². The number of para-hydroxylation sites is 1. The molecule has 0 spiro atoms. The number of hydrogen-bond donors (Lipinski definition) is 5. The van der Waals surface area contributed by atoms with Crippen molar-refractivity contribution in [2.24, 2.45) is 17.6 Å². The maximum absolute atomic E-state index is 13.6. The Kier molecular flexibility index (Phi) is 11.7. The fraction of sp³-hybridized carbons (Fsp3) is 0.500. The molecular weight excluding hydrogens is 620 g/mol. The maximum atomic E-state index is 13.6. The number of aliphatic hydroxyl groups excluding tert-OH is 1. The summed E-state index contributed by atoms with van der Waals surface area (Å²) in [6, 6.07) is 17.7. The molecule has 6 atom stereocenters. The number of amides is 4. The molecule has 0 radical (unpaired) electrons. The third-order valence-electron chi connectivity index (χ3n) is 9.70. The van der Waals surface area contributed by atoms with Gasteiger partial charge >= 0.3 is 0 Å². The summed E-state index contributed by atoms with van der Waals surface area (Å²) in [6.07, 6.45) is 4.16. The van der Waals surface area contributed by atoms with E-state index in [1.807, 2.05) is 69.3 Å². The van der Waals surface area contributed by atoms with E-state index in [0.29, 0.717) is 30.3 Å². The van der Waals surface area contributed by atoms with E-state index in [-0.39, 0.29) is 24.2 Å². The van der Waals surface area contributed by atoms with E-state index in [2.05, 4.69) is 25.8 Å². The lowest BCUT2D eigenvalue weighted by atomic mass is 9.72. The number of carbonyl (C=O) groups excluding carboxylic acids is 4. The summed E-state index contributed by atoms with van der Waals surface area (Å²) in [5.74, 6) is -1.17. The van der Waals surface area contributed by atoms with Crippen molar-refractivity contribution in [3.63, 3.8) is 0 Å². The van der Waals surface area contributed by atoms with E-state index in [4.69, 9.17) is 5.73 Å². The number of pyridine rings is 1. The Balaban J connectivity index is 1.30. The summed E-state index contributed by atoms with van der Waals surface area (Å²) in [5.41, 5.74) is 6.85. The molecule has 2 aliphatic rings. The zero-order valence-corrected chi connectivity index (χ0v) is 28.7. The summed E-state index contributed by atoms with van der Waals surface area (Å²) in [5, 5.41) is 21.2. The average Bonchev–Trinajstić information content (AvgIpc) is 3.06. The normalized spacial score (nSPS) is 21.5. The van der Waals surface area contributed by atoms with Gasteiger partial charge in [-0.2, -0.15) is 0 Å². The van der Waals surface area contributed by atoms with Gasteiger partial charge in [-0.3, -0.25) is 24.1 Å². The summed E-state index contributed by atoms with van der Waals surface area (Å²) in [6.45, 7) is 6.77. The van der Waals surface area contributed by atoms with Gasteiger partial charge in [-0.1, -0.05) is 73.9 Å². The molecule has 2 fully saturated rings. The number of aromatic nitrogens is 1. The number of primary amides is 1. The third kappa shape index (κ3) is 9.86. The molecule has 4 amide bonds. The van der Waals surface area contributed by atoms with Gasteiger partial charge in [0.1, 0.15) is 11.7 Å². The lowest BCUT2D eigenvalue weighted by molar-refractivity contribution is -0.133. The first kappa shape index (κ1) is 35.9. The Morgan fingerprint density at radius 2 is 1.63 bits per heavy atom. The van der Waals surface area contributed by atoms with Gasteiger partial charge < -0.3 is 26.8 Å². The van der Waals surface area contributed by atoms with Crippen LogP contribution in [0.1, 0.15) is 75.3 Å². The van der Waals surface area contributed by atoms with Gasteiger partial charge in [0.15, 0.2) is 0 Å². The summed E-state index contributed by atoms with van der Waals surface area (Å²) in [4.78, 5) is 59.0. The molecule has 11 nitrogen and oxygen atoms in total. The monoisotopic (exact) mass is 670 g/mol. The Morgan fingerprint density at radius 3 is 2.35 bits per heavy atom. The highest BCUT2D eigenvalue weighted by Gasteiger charge is 2.42. The Hall–Kier alpha value is -4.35. The number of nitrogens with one attached hydrogen (secondary N) is 3. The second kappa shape index (κ2) is 15.9. The maximum Gasteiger partial charge on any atom is 0.270 e. The zero-order valence-electron chi connectivity index (χ0n) is 28.7. The SMILES string of the molecule is CC(C)(C)NC(=O)[C@H]1C[C@@H]2CCCC[C@@H]2CN1C[C@@H](O)[C@H](Cc1ccccc1)NC(=O)CC(NC(=O)c1ccc2ccccc2n1)C(N)=O. The Labute approximate surface area is 288 Å². The molecule has 1 aromatic heterocycles. The smallest absolute Gasteiger partial charge is 0.270 e. The van der Waals surface area contributed by atoms with Crippen LogP contribution in [0, 0.1) is 11.8 Å². The highest BCUT2D eigenvalue weighted by atomic mass is 16.3. The predicted octanol–water partition coefficient (Wildman–Crippen LogP) is 3.09. The van der Waals surface area contributed by atoms with Crippen molar-refractivity contribution in [2.45, 2.75) is 95.5 Å². The van der Waals surface area contributed by atoms with Crippen molar-refractivity contribution in [3.8, 4) is 0 Å². The van der Waals surface area contributed by atoms with Gasteiger partial charge in [-0.25, -0.2) is 4.98 Å². The largest absolute Gasteiger partial charge is 0.390 e. The molecular formula is C38H50N6O5. The molecule has 6 N–H and O–H groups in total. The third-order valence-corrected chi connectivity index (χ3v) is 9.70. The van der Waals surface area contributed by atoms with E-state index in [1.165, 1.54) is 6.42 Å². The molecule has 1 aliphatic heterocycles. The van der Waals surface area contributed by atoms with E-state index >= 15 is 0 Å². The molecule has 262 valence electrons. The molecule has 1 unspecified atom stereocenters. The minimum Gasteiger partial charge on any atom is -0.390 e. The number of β-amino-alcohol motifs (C(OH)–C–C–N with tert-alkyl or cyclic N) is 1. The number of carbonyl (C=O) groups is 4. The number of nitrogens with two attached hydrogens (primary N) is 1. The fourth-order valence-corrected chi connectivity index (χ4v) is 7.24. The van der Waals surface area contributed by atoms with E-state index in [1.54, 1.807) is 18.2 Å². The number of hydrogen-bond acceptors (Lipinski definition) is 7. The standard InChI is InChI=1S/C38H50N6O5/c1-38(2,3)43-37(49)32-20-26-14-7-8-15-27(26)22-44(32)23-33(45)30(19-24-11-5-4-6-12-24)41-34(46)21-31(35(39)47)42-36(48)29-18-17-25-13-9-10-16-28(25)40-29/h4-6,9-13,16-18,26-27,30-33,45H,7-8,14-15,19-23H2,1-3H3,(H2,39,47)(H,41,46)(H,42,48)(H,43,49)/t26-,27+,30-,31?,32+,33+/m0/s1. The molecule has 1 saturated heterocycles. The Bertz CT molecular complexity index is 1630. The minimum atomic E-state index is -1.30. The van der Waals surface area contributed by atoms with Crippen molar-refractivity contribution in [1.29, 1.82) is 0 Å². The van der Waals surface area contributed by atoms with Crippen molar-refractivity contribution in [2.75, 3.05) is 13.1 Å². The summed E-state index contributed by atoms with van der Waals surface area (Å²) < 4.78 is 0. The molecule has 2 aromatic carbocycles. The first-order chi connectivity index (χ1) is 23.4. The molecule has 49 heavy (non-hydrogen) atoms. The summed E-state index contributed by atoms with van der Waals surface area (Å²) >= 11 is 0. The molecule has 1 saturated carbocycles. The highest BCUT2D eigenvalue weighted by molar-refractivity contribution is 5.98. The van der Waals surface area contributed by atoms with Gasteiger partial charge in [0.25, 0.3) is 5.91 Å². The predicted molar refractivity (Wildman–Crippen MR) is 188 cm³/mol. The number of piperidine rings is 1. The van der Waals surface area contributed by atoms with Crippen LogP contribution < -0.4 is 21.7 Å². The van der Waals surface area contributed by atoms with E-state index in [0.717, 1.165) is 36.6 Å². The van der Waals surface area contributed by atoms with Crippen LogP contribution >= 0.6 is 0 Å². The van der Waals surface area contributed by atoms with Crippen LogP contribution in [0.4, 0.5) is 0 Å². The van der Waals surface area contributed by atoms with Gasteiger partial charge in [-0.05, 0) is 69.6 Å². The van der Waals surface area contributed by atoms with E-state index in [9.17, 15) is 24.3 Å². The molecule has 0 bridgehead atoms. The van der Waals surface area contributed by atoms with Gasteiger partial charge in [0.2, 0.25) is 17.7 Å². The average molecular weight is 671 g/mol. The van der Waals surface area contributed by atoms with Crippen LogP contribution in [-0.4, -0.2) is 81.5 Å². The van der Waals surface area contributed by atoms with Crippen LogP contribution in [0.5, 0.6) is 0 Å². The molecule has 1 aliphatic carbocycles. The van der Waals surface area contributed by atoms with Crippen molar-refractivity contribution >= 4 is 34.5 Å². The molecule has 11 heteroatoms. The van der Waals surface area contributed by atoms with Gasteiger partial charge in [0, 0.05) is 24.0 Å². The number of nitrogens with zero attached hydrogens (tertiary/aromatic N) is 2. The first-order valence-electron chi connectivity index (χ1n) is 17.4. The number of fused-ring (bicyclic) bond motifs is 2. The topological polar surface area (TPSA) is 167 Å². The minimum absolute atomic E-state index is 0.0479. The van der Waals surface area contributed by atoms with Crippen molar-refractivity contribution in [1.82, 2.24) is 25.8 Å². The van der Waals surface area contributed by atoms with Crippen LogP contribution in [0.25, 0.3) is 10.9 Å². The fourth-order valence-electron chi connectivity index (χ4n) is 7.24. The number of likely N-dealkylation sites (tertiary alicyclic amines) is 1. The summed E-state index contributed by atoms with van der Waals surface area (Å²) in [7, 11) is 0. The number of aliphatic hydroxyl groups is 1. The lowest BCUT2D eigenvalue weighted by Crippen LogP contribution is -2.60. The number of rotatable bonds is 12. The van der Waals surface area contributed by atoms with Crippen LogP contribution in [0.15, 0.2) is 66.7 Å². The molecule has 5 rings (SSSR count). The highest BCUT2D eigenvalue weighted by Crippen LogP contribution is 2.39.